The van der Waals surface area contributed by atoms with Crippen LogP contribution in [0.15, 0.2) is 12.4 Å². The second-order valence-corrected chi connectivity index (χ2v) is 4.17. The maximum absolute atomic E-state index is 5.71. The van der Waals surface area contributed by atoms with E-state index < -0.39 is 0 Å². The van der Waals surface area contributed by atoms with Gasteiger partial charge >= 0.3 is 0 Å². The molecular weight excluding hydrogens is 204 g/mol. The number of rotatable bonds is 2. The number of hydrogen-bond donors (Lipinski definition) is 1. The third-order valence-corrected chi connectivity index (χ3v) is 2.74. The second-order valence-electron chi connectivity index (χ2n) is 4.17. The van der Waals surface area contributed by atoms with Gasteiger partial charge in [-0.1, -0.05) is 0 Å². The normalized spacial score (nSPS) is 25.8. The van der Waals surface area contributed by atoms with Crippen LogP contribution in [0, 0.1) is 6.92 Å². The van der Waals surface area contributed by atoms with Gasteiger partial charge in [0.1, 0.15) is 5.82 Å². The summed E-state index contributed by atoms with van der Waals surface area (Å²) >= 11 is 0. The smallest absolute Gasteiger partial charge is 0.150 e. The number of morpholine rings is 1. The minimum absolute atomic E-state index is 0.0881. The Kier molecular flexibility index (Phi) is 3.36. The van der Waals surface area contributed by atoms with Crippen LogP contribution in [0.25, 0.3) is 0 Å². The van der Waals surface area contributed by atoms with E-state index in [9.17, 15) is 0 Å². The lowest BCUT2D eigenvalue weighted by atomic mass is 10.2. The van der Waals surface area contributed by atoms with Crippen LogP contribution < -0.4 is 10.6 Å². The van der Waals surface area contributed by atoms with Gasteiger partial charge in [0, 0.05) is 32.0 Å². The number of anilines is 1. The van der Waals surface area contributed by atoms with Crippen molar-refractivity contribution in [2.45, 2.75) is 26.1 Å². The molecule has 0 aliphatic carbocycles. The predicted octanol–water partition coefficient (Wildman–Crippen LogP) is 0.337. The number of nitrogens with zero attached hydrogens (tertiary/aromatic N) is 3. The van der Waals surface area contributed by atoms with Crippen LogP contribution in [0.3, 0.4) is 0 Å². The van der Waals surface area contributed by atoms with E-state index in [1.54, 1.807) is 12.4 Å². The maximum Gasteiger partial charge on any atom is 0.150 e. The van der Waals surface area contributed by atoms with Crippen molar-refractivity contribution in [3.05, 3.63) is 18.1 Å². The standard InChI is InChI=1S/C11H18N4O/c1-8-6-15(7-10(5-12)16-8)11-9(2)13-3-4-14-11/h3-4,8,10H,5-7,12H2,1-2H3. The summed E-state index contributed by atoms with van der Waals surface area (Å²) in [6.45, 7) is 6.21. The molecule has 16 heavy (non-hydrogen) atoms. The van der Waals surface area contributed by atoms with Gasteiger partial charge in [-0.2, -0.15) is 0 Å². The fourth-order valence-corrected chi connectivity index (χ4v) is 2.06. The molecule has 0 bridgehead atoms. The lowest BCUT2D eigenvalue weighted by Gasteiger charge is -2.37. The highest BCUT2D eigenvalue weighted by Crippen LogP contribution is 2.19. The third-order valence-electron chi connectivity index (χ3n) is 2.74. The van der Waals surface area contributed by atoms with Crippen LogP contribution in [0.4, 0.5) is 5.82 Å². The van der Waals surface area contributed by atoms with Gasteiger partial charge in [0.25, 0.3) is 0 Å². The van der Waals surface area contributed by atoms with Crippen LogP contribution in [0.1, 0.15) is 12.6 Å². The first-order valence-corrected chi connectivity index (χ1v) is 5.58. The lowest BCUT2D eigenvalue weighted by molar-refractivity contribution is -0.0107. The summed E-state index contributed by atoms with van der Waals surface area (Å²) in [7, 11) is 0. The van der Waals surface area contributed by atoms with Crippen molar-refractivity contribution in [1.29, 1.82) is 0 Å². The Labute approximate surface area is 95.6 Å². The van der Waals surface area contributed by atoms with E-state index in [4.69, 9.17) is 10.5 Å². The first-order chi connectivity index (χ1) is 7.70. The second kappa shape index (κ2) is 4.76. The van der Waals surface area contributed by atoms with Crippen molar-refractivity contribution in [1.82, 2.24) is 9.97 Å². The van der Waals surface area contributed by atoms with Gasteiger partial charge < -0.3 is 15.4 Å². The fraction of sp³-hybridized carbons (Fsp3) is 0.636. The Hall–Kier alpha value is -1.20. The SMILES string of the molecule is Cc1nccnc1N1CC(C)OC(CN)C1. The highest BCUT2D eigenvalue weighted by molar-refractivity contribution is 5.43. The van der Waals surface area contributed by atoms with Crippen LogP contribution >= 0.6 is 0 Å². The largest absolute Gasteiger partial charge is 0.370 e. The Morgan fingerprint density at radius 2 is 2.19 bits per heavy atom. The maximum atomic E-state index is 5.71. The van der Waals surface area contributed by atoms with E-state index in [0.29, 0.717) is 6.54 Å². The first kappa shape index (κ1) is 11.3. The monoisotopic (exact) mass is 222 g/mol. The van der Waals surface area contributed by atoms with E-state index in [-0.39, 0.29) is 12.2 Å². The summed E-state index contributed by atoms with van der Waals surface area (Å²) in [6.07, 6.45) is 3.71. The summed E-state index contributed by atoms with van der Waals surface area (Å²) in [4.78, 5) is 10.8. The van der Waals surface area contributed by atoms with Crippen molar-refractivity contribution in [3.8, 4) is 0 Å². The minimum atomic E-state index is 0.0881. The molecule has 0 spiro atoms. The average Bonchev–Trinajstić information content (AvgIpc) is 2.28. The average molecular weight is 222 g/mol. The van der Waals surface area contributed by atoms with Gasteiger partial charge in [-0.15, -0.1) is 0 Å². The molecule has 0 radical (unpaired) electrons. The van der Waals surface area contributed by atoms with E-state index in [1.807, 2.05) is 6.92 Å². The lowest BCUT2D eigenvalue weighted by Crippen LogP contribution is -2.49. The summed E-state index contributed by atoms with van der Waals surface area (Å²) in [5.41, 5.74) is 6.61. The Balaban J connectivity index is 2.17. The Morgan fingerprint density at radius 1 is 1.44 bits per heavy atom. The van der Waals surface area contributed by atoms with Crippen LogP contribution in [0.2, 0.25) is 0 Å². The highest BCUT2D eigenvalue weighted by Gasteiger charge is 2.26. The molecule has 2 heterocycles. The molecule has 2 unspecified atom stereocenters. The topological polar surface area (TPSA) is 64.3 Å². The molecule has 1 aliphatic rings. The molecule has 0 saturated carbocycles. The van der Waals surface area contributed by atoms with E-state index in [1.165, 1.54) is 0 Å². The number of nitrogens with two attached hydrogens (primary N) is 1. The van der Waals surface area contributed by atoms with Gasteiger partial charge in [-0.05, 0) is 13.8 Å². The zero-order valence-corrected chi connectivity index (χ0v) is 9.76. The molecule has 1 saturated heterocycles. The van der Waals surface area contributed by atoms with Crippen LogP contribution in [0.5, 0.6) is 0 Å². The number of aromatic nitrogens is 2. The van der Waals surface area contributed by atoms with Crippen LogP contribution in [-0.4, -0.2) is 41.8 Å². The first-order valence-electron chi connectivity index (χ1n) is 5.58. The van der Waals surface area contributed by atoms with E-state index in [0.717, 1.165) is 24.6 Å². The molecule has 0 aromatic carbocycles. The van der Waals surface area contributed by atoms with E-state index in [2.05, 4.69) is 21.8 Å². The Bertz CT molecular complexity index is 358. The molecule has 5 nitrogen and oxygen atoms in total. The van der Waals surface area contributed by atoms with Gasteiger partial charge in [-0.3, -0.25) is 4.98 Å². The van der Waals surface area contributed by atoms with Crippen molar-refractivity contribution in [2.24, 2.45) is 5.73 Å². The van der Waals surface area contributed by atoms with Crippen molar-refractivity contribution in [3.63, 3.8) is 0 Å². The minimum Gasteiger partial charge on any atom is -0.370 e. The van der Waals surface area contributed by atoms with Crippen molar-refractivity contribution >= 4 is 5.82 Å². The van der Waals surface area contributed by atoms with Crippen LogP contribution in [-0.2, 0) is 4.74 Å². The number of ether oxygens (including phenoxy) is 1. The summed E-state index contributed by atoms with van der Waals surface area (Å²) < 4.78 is 5.71. The zero-order valence-electron chi connectivity index (χ0n) is 9.76. The van der Waals surface area contributed by atoms with Gasteiger partial charge in [0.05, 0.1) is 17.9 Å². The molecular formula is C11H18N4O. The molecule has 88 valence electrons. The summed E-state index contributed by atoms with van der Waals surface area (Å²) in [5, 5.41) is 0. The number of hydrogen-bond acceptors (Lipinski definition) is 5. The highest BCUT2D eigenvalue weighted by atomic mass is 16.5. The fourth-order valence-electron chi connectivity index (χ4n) is 2.06. The predicted molar refractivity (Wildman–Crippen MR) is 62.4 cm³/mol. The molecule has 5 heteroatoms. The van der Waals surface area contributed by atoms with Gasteiger partial charge in [0.15, 0.2) is 0 Å². The molecule has 2 N–H and O–H groups in total. The molecule has 1 fully saturated rings. The zero-order chi connectivity index (χ0) is 11.5. The Morgan fingerprint density at radius 3 is 2.88 bits per heavy atom. The number of aryl methyl sites for hydroxylation is 1. The molecule has 2 rings (SSSR count). The molecule has 0 amide bonds. The van der Waals surface area contributed by atoms with Gasteiger partial charge in [0.2, 0.25) is 0 Å². The summed E-state index contributed by atoms with van der Waals surface area (Å²) in [5.74, 6) is 0.941. The van der Waals surface area contributed by atoms with Gasteiger partial charge in [-0.25, -0.2) is 4.98 Å². The van der Waals surface area contributed by atoms with E-state index >= 15 is 0 Å². The van der Waals surface area contributed by atoms with Crippen molar-refractivity contribution in [2.75, 3.05) is 24.5 Å². The molecule has 2 atom stereocenters. The molecule has 1 aromatic heterocycles. The molecule has 1 aliphatic heterocycles. The quantitative estimate of drug-likeness (QED) is 0.781. The third kappa shape index (κ3) is 2.31. The van der Waals surface area contributed by atoms with Crippen molar-refractivity contribution < 1.29 is 4.74 Å². The molecule has 1 aromatic rings. The summed E-state index contributed by atoms with van der Waals surface area (Å²) in [6, 6.07) is 0.